The summed E-state index contributed by atoms with van der Waals surface area (Å²) in [4.78, 5) is 12.2. The Hall–Kier alpha value is -2.73. The molecule has 0 aliphatic carbocycles. The normalized spacial score (nSPS) is 11.8. The molecule has 0 saturated carbocycles. The third kappa shape index (κ3) is 7.12. The van der Waals surface area contributed by atoms with Gasteiger partial charge in [0.1, 0.15) is 6.61 Å². The van der Waals surface area contributed by atoms with E-state index in [2.05, 4.69) is 17.1 Å². The Balaban J connectivity index is 1.89. The van der Waals surface area contributed by atoms with Crippen molar-refractivity contribution in [3.8, 4) is 11.5 Å². The zero-order valence-corrected chi connectivity index (χ0v) is 17.1. The van der Waals surface area contributed by atoms with Crippen LogP contribution in [0.2, 0.25) is 0 Å². The van der Waals surface area contributed by atoms with Crippen LogP contribution in [0.3, 0.4) is 0 Å². The largest absolute Gasteiger partial charge is 0.490 e. The van der Waals surface area contributed by atoms with E-state index in [-0.39, 0.29) is 11.2 Å². The molecule has 1 amide bonds. The molecule has 0 aromatic heterocycles. The minimum Gasteiger partial charge on any atom is -0.490 e. The quantitative estimate of drug-likeness (QED) is 0.346. The Morgan fingerprint density at radius 1 is 1.21 bits per heavy atom. The minimum absolute atomic E-state index is 0.131. The van der Waals surface area contributed by atoms with Gasteiger partial charge in [-0.1, -0.05) is 43.0 Å². The zero-order valence-electron chi connectivity index (χ0n) is 16.3. The summed E-state index contributed by atoms with van der Waals surface area (Å²) in [5, 5.41) is 3.86. The number of carbonyl (C=O) groups is 1. The lowest BCUT2D eigenvalue weighted by Crippen LogP contribution is -2.27. The van der Waals surface area contributed by atoms with Crippen LogP contribution in [0.25, 0.3) is 0 Å². The molecule has 148 valence electrons. The molecule has 2 aromatic rings. The van der Waals surface area contributed by atoms with Gasteiger partial charge >= 0.3 is 0 Å². The Kier molecular flexibility index (Phi) is 9.15. The second kappa shape index (κ2) is 11.9. The first-order valence-corrected chi connectivity index (χ1v) is 10.2. The number of amides is 1. The number of hydrogen-bond donors (Lipinski definition) is 1. The van der Waals surface area contributed by atoms with Crippen LogP contribution in [-0.4, -0.2) is 30.6 Å². The van der Waals surface area contributed by atoms with Gasteiger partial charge < -0.3 is 9.47 Å². The molecule has 0 saturated heterocycles. The summed E-state index contributed by atoms with van der Waals surface area (Å²) in [7, 11) is 0. The van der Waals surface area contributed by atoms with Crippen LogP contribution in [0.1, 0.15) is 25.0 Å². The first kappa shape index (κ1) is 21.6. The Bertz CT molecular complexity index is 794. The van der Waals surface area contributed by atoms with E-state index in [0.717, 1.165) is 11.3 Å². The van der Waals surface area contributed by atoms with Gasteiger partial charge in [0, 0.05) is 5.75 Å². The molecular formula is C22H26N2O3S. The van der Waals surface area contributed by atoms with Gasteiger partial charge in [-0.3, -0.25) is 4.79 Å². The number of benzene rings is 2. The van der Waals surface area contributed by atoms with Crippen LogP contribution in [0.4, 0.5) is 0 Å². The van der Waals surface area contributed by atoms with Crippen molar-refractivity contribution in [3.63, 3.8) is 0 Å². The number of nitrogens with zero attached hydrogens (tertiary/aromatic N) is 1. The van der Waals surface area contributed by atoms with Gasteiger partial charge in [0.05, 0.1) is 18.1 Å². The summed E-state index contributed by atoms with van der Waals surface area (Å²) in [6.07, 6.45) is 3.27. The van der Waals surface area contributed by atoms with Gasteiger partial charge in [-0.15, -0.1) is 11.8 Å². The molecule has 0 aliphatic heterocycles. The van der Waals surface area contributed by atoms with Crippen LogP contribution in [-0.2, 0) is 10.5 Å². The van der Waals surface area contributed by atoms with Crippen LogP contribution < -0.4 is 14.9 Å². The standard InChI is InChI=1S/C22H26N2O3S/c1-4-13-27-20-12-11-19(14-21(20)26-5-2)15-23-24-22(25)17(3)28-16-18-9-7-6-8-10-18/h4,6-12,14-15,17H,1,5,13,16H2,2-3H3,(H,24,25). The van der Waals surface area contributed by atoms with Crippen molar-refractivity contribution < 1.29 is 14.3 Å². The van der Waals surface area contributed by atoms with Gasteiger partial charge in [-0.25, -0.2) is 5.43 Å². The van der Waals surface area contributed by atoms with Gasteiger partial charge in [-0.2, -0.15) is 5.10 Å². The van der Waals surface area contributed by atoms with E-state index in [4.69, 9.17) is 9.47 Å². The molecule has 0 radical (unpaired) electrons. The lowest BCUT2D eigenvalue weighted by atomic mass is 10.2. The Labute approximate surface area is 170 Å². The molecule has 0 aliphatic rings. The fourth-order valence-corrected chi connectivity index (χ4v) is 3.11. The predicted molar refractivity (Wildman–Crippen MR) is 116 cm³/mol. The van der Waals surface area contributed by atoms with Crippen molar-refractivity contribution in [2.45, 2.75) is 24.9 Å². The lowest BCUT2D eigenvalue weighted by Gasteiger charge is -2.11. The highest BCUT2D eigenvalue weighted by molar-refractivity contribution is 7.99. The SMILES string of the molecule is C=CCOc1ccc(C=NNC(=O)C(C)SCc2ccccc2)cc1OCC. The number of nitrogens with one attached hydrogen (secondary N) is 1. The first-order valence-electron chi connectivity index (χ1n) is 9.13. The van der Waals surface area contributed by atoms with E-state index >= 15 is 0 Å². The molecule has 1 atom stereocenters. The second-order valence-electron chi connectivity index (χ2n) is 5.91. The van der Waals surface area contributed by atoms with E-state index in [1.54, 1.807) is 24.1 Å². The van der Waals surface area contributed by atoms with Gasteiger partial charge in [-0.05, 0) is 43.2 Å². The van der Waals surface area contributed by atoms with E-state index in [1.165, 1.54) is 5.56 Å². The van der Waals surface area contributed by atoms with E-state index in [1.807, 2.05) is 62.4 Å². The van der Waals surface area contributed by atoms with Crippen LogP contribution in [0.5, 0.6) is 11.5 Å². The highest BCUT2D eigenvalue weighted by atomic mass is 32.2. The van der Waals surface area contributed by atoms with E-state index < -0.39 is 0 Å². The molecule has 0 fully saturated rings. The maximum absolute atomic E-state index is 12.2. The molecule has 1 unspecified atom stereocenters. The van der Waals surface area contributed by atoms with E-state index in [0.29, 0.717) is 24.7 Å². The number of hydrazone groups is 1. The Morgan fingerprint density at radius 3 is 2.71 bits per heavy atom. The minimum atomic E-state index is -0.203. The van der Waals surface area contributed by atoms with Crippen molar-refractivity contribution in [2.75, 3.05) is 13.2 Å². The van der Waals surface area contributed by atoms with Crippen molar-refractivity contribution >= 4 is 23.9 Å². The van der Waals surface area contributed by atoms with Gasteiger partial charge in [0.15, 0.2) is 11.5 Å². The molecule has 5 nitrogen and oxygen atoms in total. The average molecular weight is 399 g/mol. The summed E-state index contributed by atoms with van der Waals surface area (Å²) in [6, 6.07) is 15.6. The summed E-state index contributed by atoms with van der Waals surface area (Å²) in [5.41, 5.74) is 4.59. The highest BCUT2D eigenvalue weighted by Gasteiger charge is 2.12. The molecule has 0 bridgehead atoms. The van der Waals surface area contributed by atoms with Crippen molar-refractivity contribution in [1.82, 2.24) is 5.43 Å². The fourth-order valence-electron chi connectivity index (χ4n) is 2.27. The maximum Gasteiger partial charge on any atom is 0.252 e. The number of rotatable bonds is 11. The lowest BCUT2D eigenvalue weighted by molar-refractivity contribution is -0.120. The molecule has 1 N–H and O–H groups in total. The van der Waals surface area contributed by atoms with Crippen molar-refractivity contribution in [1.29, 1.82) is 0 Å². The molecular weight excluding hydrogens is 372 g/mol. The summed E-state index contributed by atoms with van der Waals surface area (Å²) < 4.78 is 11.2. The number of ether oxygens (including phenoxy) is 2. The summed E-state index contributed by atoms with van der Waals surface area (Å²) in [6.45, 7) is 8.35. The van der Waals surface area contributed by atoms with Crippen LogP contribution in [0, 0.1) is 0 Å². The molecule has 6 heteroatoms. The predicted octanol–water partition coefficient (Wildman–Crippen LogP) is 4.42. The topological polar surface area (TPSA) is 59.9 Å². The van der Waals surface area contributed by atoms with Crippen LogP contribution in [0.15, 0.2) is 66.3 Å². The highest BCUT2D eigenvalue weighted by Crippen LogP contribution is 2.28. The third-order valence-corrected chi connectivity index (χ3v) is 4.94. The molecule has 0 heterocycles. The monoisotopic (exact) mass is 398 g/mol. The molecule has 0 spiro atoms. The van der Waals surface area contributed by atoms with Gasteiger partial charge in [0.2, 0.25) is 0 Å². The van der Waals surface area contributed by atoms with Crippen molar-refractivity contribution in [2.24, 2.45) is 5.10 Å². The number of hydrogen-bond acceptors (Lipinski definition) is 5. The molecule has 2 rings (SSSR count). The third-order valence-electron chi connectivity index (χ3n) is 3.72. The summed E-state index contributed by atoms with van der Waals surface area (Å²) in [5.74, 6) is 1.93. The maximum atomic E-state index is 12.2. The van der Waals surface area contributed by atoms with Crippen LogP contribution >= 0.6 is 11.8 Å². The van der Waals surface area contributed by atoms with Crippen molar-refractivity contribution in [3.05, 3.63) is 72.3 Å². The number of carbonyl (C=O) groups excluding carboxylic acids is 1. The molecule has 2 aromatic carbocycles. The zero-order chi connectivity index (χ0) is 20.2. The Morgan fingerprint density at radius 2 is 2.00 bits per heavy atom. The average Bonchev–Trinajstić information content (AvgIpc) is 2.72. The van der Waals surface area contributed by atoms with Gasteiger partial charge in [0.25, 0.3) is 5.91 Å². The van der Waals surface area contributed by atoms with E-state index in [9.17, 15) is 4.79 Å². The second-order valence-corrected chi connectivity index (χ2v) is 7.24. The first-order chi connectivity index (χ1) is 13.6. The smallest absolute Gasteiger partial charge is 0.252 e. The molecule has 28 heavy (non-hydrogen) atoms. The fraction of sp³-hybridized carbons (Fsp3) is 0.273. The number of thioether (sulfide) groups is 1. The summed E-state index contributed by atoms with van der Waals surface area (Å²) >= 11 is 1.57.